The minimum Gasteiger partial charge on any atom is -0.451 e. The van der Waals surface area contributed by atoms with E-state index in [0.717, 1.165) is 18.2 Å². The molecule has 0 aliphatic rings. The smallest absolute Gasteiger partial charge is 0.168 e. The summed E-state index contributed by atoms with van der Waals surface area (Å²) in [7, 11) is 0. The first-order valence-corrected chi connectivity index (χ1v) is 6.59. The summed E-state index contributed by atoms with van der Waals surface area (Å²) in [5, 5.41) is 0. The van der Waals surface area contributed by atoms with Crippen LogP contribution in [0.4, 0.5) is 8.78 Å². The summed E-state index contributed by atoms with van der Waals surface area (Å²) in [6.07, 6.45) is 1.42. The van der Waals surface area contributed by atoms with Crippen molar-refractivity contribution in [2.75, 3.05) is 0 Å². The Hall–Kier alpha value is -1.75. The van der Waals surface area contributed by atoms with Gasteiger partial charge < -0.3 is 4.74 Å². The Morgan fingerprint density at radius 1 is 1.25 bits per heavy atom. The van der Waals surface area contributed by atoms with Gasteiger partial charge in [-0.1, -0.05) is 13.8 Å². The summed E-state index contributed by atoms with van der Waals surface area (Å²) in [4.78, 5) is 8.38. The molecule has 106 valence electrons. The van der Waals surface area contributed by atoms with E-state index < -0.39 is 11.6 Å². The first-order chi connectivity index (χ1) is 9.51. The van der Waals surface area contributed by atoms with E-state index in [-0.39, 0.29) is 23.3 Å². The zero-order chi connectivity index (χ0) is 14.7. The number of rotatable bonds is 4. The quantitative estimate of drug-likeness (QED) is 0.784. The number of aromatic nitrogens is 2. The van der Waals surface area contributed by atoms with Gasteiger partial charge in [-0.25, -0.2) is 18.7 Å². The second kappa shape index (κ2) is 6.13. The number of alkyl halides is 1. The van der Waals surface area contributed by atoms with Gasteiger partial charge in [0.05, 0.1) is 12.1 Å². The minimum absolute atomic E-state index is 0.0918. The highest BCUT2D eigenvalue weighted by Crippen LogP contribution is 2.28. The summed E-state index contributed by atoms with van der Waals surface area (Å²) in [6.45, 7) is 3.89. The Labute approximate surface area is 120 Å². The highest BCUT2D eigenvalue weighted by molar-refractivity contribution is 6.17. The Kier molecular flexibility index (Phi) is 4.49. The van der Waals surface area contributed by atoms with E-state index in [9.17, 15) is 8.78 Å². The standard InChI is InChI=1S/C14H13ClF2N2O/c1-8(2)14-18-7-13(11(6-15)19-14)20-12-5-9(16)3-4-10(12)17/h3-5,7-8H,6H2,1-2H3. The Balaban J connectivity index is 2.35. The van der Waals surface area contributed by atoms with Gasteiger partial charge in [-0.2, -0.15) is 0 Å². The lowest BCUT2D eigenvalue weighted by molar-refractivity contribution is 0.428. The maximum absolute atomic E-state index is 13.5. The molecule has 0 aliphatic heterocycles. The van der Waals surface area contributed by atoms with Gasteiger partial charge in [-0.15, -0.1) is 11.6 Å². The molecule has 0 saturated heterocycles. The van der Waals surface area contributed by atoms with Gasteiger partial charge in [-0.05, 0) is 12.1 Å². The minimum atomic E-state index is -0.667. The number of ether oxygens (including phenoxy) is 1. The van der Waals surface area contributed by atoms with Gasteiger partial charge in [0.1, 0.15) is 17.3 Å². The van der Waals surface area contributed by atoms with E-state index in [1.807, 2.05) is 13.8 Å². The molecule has 0 radical (unpaired) electrons. The predicted octanol–water partition coefficient (Wildman–Crippen LogP) is 4.41. The van der Waals surface area contributed by atoms with Crippen LogP contribution in [0.1, 0.15) is 31.3 Å². The van der Waals surface area contributed by atoms with Crippen LogP contribution in [0, 0.1) is 11.6 Å². The van der Waals surface area contributed by atoms with E-state index in [0.29, 0.717) is 11.5 Å². The number of nitrogens with zero attached hydrogens (tertiary/aromatic N) is 2. The maximum atomic E-state index is 13.5. The van der Waals surface area contributed by atoms with Crippen LogP contribution in [0.15, 0.2) is 24.4 Å². The number of benzene rings is 1. The fourth-order valence-electron chi connectivity index (χ4n) is 1.55. The third-order valence-corrected chi connectivity index (χ3v) is 2.86. The van der Waals surface area contributed by atoms with Crippen LogP contribution >= 0.6 is 11.6 Å². The first-order valence-electron chi connectivity index (χ1n) is 6.06. The van der Waals surface area contributed by atoms with Gasteiger partial charge in [0, 0.05) is 12.0 Å². The molecule has 0 bridgehead atoms. The van der Waals surface area contributed by atoms with Crippen LogP contribution in [-0.4, -0.2) is 9.97 Å². The molecule has 20 heavy (non-hydrogen) atoms. The lowest BCUT2D eigenvalue weighted by atomic mass is 10.2. The van der Waals surface area contributed by atoms with Crippen molar-refractivity contribution in [3.05, 3.63) is 47.5 Å². The molecule has 0 atom stereocenters. The van der Waals surface area contributed by atoms with Gasteiger partial charge in [0.2, 0.25) is 0 Å². The third-order valence-electron chi connectivity index (χ3n) is 2.60. The van der Waals surface area contributed by atoms with E-state index >= 15 is 0 Å². The predicted molar refractivity (Wildman–Crippen MR) is 72.1 cm³/mol. The molecule has 2 rings (SSSR count). The SMILES string of the molecule is CC(C)c1ncc(Oc2cc(F)ccc2F)c(CCl)n1. The summed E-state index contributed by atoms with van der Waals surface area (Å²) >= 11 is 5.81. The molecule has 0 saturated carbocycles. The average Bonchev–Trinajstić information content (AvgIpc) is 2.43. The summed E-state index contributed by atoms with van der Waals surface area (Å²) in [6, 6.07) is 2.97. The molecule has 2 aromatic rings. The lowest BCUT2D eigenvalue weighted by Gasteiger charge is -2.11. The van der Waals surface area contributed by atoms with E-state index in [1.165, 1.54) is 6.20 Å². The molecular formula is C14H13ClF2N2O. The molecule has 0 aliphatic carbocycles. The molecule has 1 aromatic heterocycles. The Morgan fingerprint density at radius 3 is 2.65 bits per heavy atom. The molecule has 3 nitrogen and oxygen atoms in total. The van der Waals surface area contributed by atoms with Crippen LogP contribution in [0.5, 0.6) is 11.5 Å². The molecule has 1 aromatic carbocycles. The fourth-order valence-corrected chi connectivity index (χ4v) is 1.75. The van der Waals surface area contributed by atoms with Crippen LogP contribution < -0.4 is 4.74 Å². The van der Waals surface area contributed by atoms with E-state index in [2.05, 4.69) is 9.97 Å². The van der Waals surface area contributed by atoms with Gasteiger partial charge in [0.25, 0.3) is 0 Å². The van der Waals surface area contributed by atoms with Crippen molar-refractivity contribution >= 4 is 11.6 Å². The summed E-state index contributed by atoms with van der Waals surface area (Å²) in [5.74, 6) is -0.418. The molecule has 1 heterocycles. The van der Waals surface area contributed by atoms with Crippen LogP contribution in [0.2, 0.25) is 0 Å². The Bertz CT molecular complexity index is 620. The van der Waals surface area contributed by atoms with E-state index in [1.54, 1.807) is 0 Å². The van der Waals surface area contributed by atoms with Gasteiger partial charge in [0.15, 0.2) is 17.3 Å². The van der Waals surface area contributed by atoms with E-state index in [4.69, 9.17) is 16.3 Å². The average molecular weight is 299 g/mol. The topological polar surface area (TPSA) is 35.0 Å². The lowest BCUT2D eigenvalue weighted by Crippen LogP contribution is -2.03. The van der Waals surface area contributed by atoms with Crippen molar-refractivity contribution in [1.82, 2.24) is 9.97 Å². The largest absolute Gasteiger partial charge is 0.451 e. The second-order valence-electron chi connectivity index (χ2n) is 4.50. The second-order valence-corrected chi connectivity index (χ2v) is 4.77. The molecule has 0 unspecified atom stereocenters. The van der Waals surface area contributed by atoms with Crippen molar-refractivity contribution in [1.29, 1.82) is 0 Å². The molecular weight excluding hydrogens is 286 g/mol. The molecule has 0 N–H and O–H groups in total. The summed E-state index contributed by atoms with van der Waals surface area (Å²) < 4.78 is 32.0. The number of hydrogen-bond acceptors (Lipinski definition) is 3. The third kappa shape index (κ3) is 3.22. The molecule has 0 fully saturated rings. The van der Waals surface area contributed by atoms with Crippen LogP contribution in [0.25, 0.3) is 0 Å². The zero-order valence-corrected chi connectivity index (χ0v) is 11.8. The molecule has 0 spiro atoms. The molecule has 6 heteroatoms. The summed E-state index contributed by atoms with van der Waals surface area (Å²) in [5.41, 5.74) is 0.439. The zero-order valence-electron chi connectivity index (χ0n) is 11.0. The van der Waals surface area contributed by atoms with Crippen molar-refractivity contribution < 1.29 is 13.5 Å². The molecule has 0 amide bonds. The van der Waals surface area contributed by atoms with Crippen molar-refractivity contribution in [3.8, 4) is 11.5 Å². The fraction of sp³-hybridized carbons (Fsp3) is 0.286. The Morgan fingerprint density at radius 2 is 2.00 bits per heavy atom. The van der Waals surface area contributed by atoms with Crippen molar-refractivity contribution in [2.24, 2.45) is 0 Å². The monoisotopic (exact) mass is 298 g/mol. The number of hydrogen-bond donors (Lipinski definition) is 0. The van der Waals surface area contributed by atoms with Crippen molar-refractivity contribution in [3.63, 3.8) is 0 Å². The highest BCUT2D eigenvalue weighted by Gasteiger charge is 2.13. The number of halogens is 3. The van der Waals surface area contributed by atoms with Gasteiger partial charge >= 0.3 is 0 Å². The first kappa shape index (κ1) is 14.7. The van der Waals surface area contributed by atoms with Crippen LogP contribution in [-0.2, 0) is 5.88 Å². The normalized spacial score (nSPS) is 10.9. The van der Waals surface area contributed by atoms with Crippen molar-refractivity contribution in [2.45, 2.75) is 25.6 Å². The highest BCUT2D eigenvalue weighted by atomic mass is 35.5. The van der Waals surface area contributed by atoms with Gasteiger partial charge in [-0.3, -0.25) is 0 Å². The maximum Gasteiger partial charge on any atom is 0.168 e. The van der Waals surface area contributed by atoms with Crippen LogP contribution in [0.3, 0.4) is 0 Å².